The third kappa shape index (κ3) is 9.66. The minimum absolute atomic E-state index is 0.0852. The normalized spacial score (nSPS) is 11.1. The molecule has 0 aromatic heterocycles. The molecule has 3 amide bonds. The lowest BCUT2D eigenvalue weighted by atomic mass is 10.1. The van der Waals surface area contributed by atoms with Crippen molar-refractivity contribution in [1.29, 1.82) is 0 Å². The Hall–Kier alpha value is -1.77. The van der Waals surface area contributed by atoms with Crippen molar-refractivity contribution < 1.29 is 43.0 Å². The average Bonchev–Trinajstić information content (AvgIpc) is 2.76. The highest BCUT2D eigenvalue weighted by molar-refractivity contribution is 14.1. The van der Waals surface area contributed by atoms with Gasteiger partial charge >= 0.3 is 17.9 Å². The minimum Gasteiger partial charge on any atom is -0.462 e. The van der Waals surface area contributed by atoms with Crippen molar-refractivity contribution in [2.45, 2.75) is 26.9 Å². The minimum atomic E-state index is -0.944. The zero-order chi connectivity index (χ0) is 26.9. The van der Waals surface area contributed by atoms with Crippen LogP contribution in [-0.2, 0) is 33.4 Å². The molecular weight excluding hydrogens is 807 g/mol. The summed E-state index contributed by atoms with van der Waals surface area (Å²) in [5.74, 6) is -3.64. The summed E-state index contributed by atoms with van der Waals surface area (Å²) in [6.45, 7) is 2.52. The van der Waals surface area contributed by atoms with Crippen LogP contribution in [0.25, 0.3) is 0 Å². The van der Waals surface area contributed by atoms with E-state index in [0.29, 0.717) is 10.7 Å². The van der Waals surface area contributed by atoms with E-state index in [4.69, 9.17) is 14.2 Å². The van der Waals surface area contributed by atoms with Crippen LogP contribution in [0.15, 0.2) is 0 Å². The van der Waals surface area contributed by atoms with E-state index in [2.05, 4.69) is 16.0 Å². The summed E-state index contributed by atoms with van der Waals surface area (Å²) < 4.78 is 15.6. The lowest BCUT2D eigenvalue weighted by Gasteiger charge is -2.21. The molecule has 0 saturated heterocycles. The second-order valence-corrected chi connectivity index (χ2v) is 9.95. The van der Waals surface area contributed by atoms with E-state index < -0.39 is 48.3 Å². The Kier molecular flexibility index (Phi) is 13.1. The summed E-state index contributed by atoms with van der Waals surface area (Å²) in [5.41, 5.74) is 0.421. The monoisotopic (exact) mass is 829 g/mol. The van der Waals surface area contributed by atoms with Gasteiger partial charge in [-0.05, 0) is 67.8 Å². The molecule has 1 aromatic carbocycles. The summed E-state index contributed by atoms with van der Waals surface area (Å²) in [6, 6.07) is 0. The molecule has 0 fully saturated rings. The average molecular weight is 829 g/mol. The lowest BCUT2D eigenvalue weighted by Crippen LogP contribution is -2.38. The first kappa shape index (κ1) is 31.3. The van der Waals surface area contributed by atoms with Crippen LogP contribution in [0.4, 0.5) is 5.69 Å². The molecule has 0 aliphatic rings. The van der Waals surface area contributed by atoms with Gasteiger partial charge in [-0.15, -0.1) is 0 Å². The van der Waals surface area contributed by atoms with Gasteiger partial charge in [0.2, 0.25) is 0 Å². The van der Waals surface area contributed by atoms with Gasteiger partial charge in [-0.25, -0.2) is 0 Å². The Labute approximate surface area is 241 Å². The molecule has 12 nitrogen and oxygen atoms in total. The van der Waals surface area contributed by atoms with Crippen molar-refractivity contribution in [2.75, 3.05) is 32.1 Å². The Morgan fingerprint density at radius 2 is 1.34 bits per heavy atom. The summed E-state index contributed by atoms with van der Waals surface area (Å²) >= 11 is 5.59. The van der Waals surface area contributed by atoms with E-state index in [9.17, 15) is 28.8 Å². The summed E-state index contributed by atoms with van der Waals surface area (Å²) in [7, 11) is 1.42. The lowest BCUT2D eigenvalue weighted by molar-refractivity contribution is -0.155. The Bertz CT molecular complexity index is 1050. The summed E-state index contributed by atoms with van der Waals surface area (Å²) in [6.07, 6.45) is -0.944. The fraction of sp³-hybridized carbons (Fsp3) is 0.400. The van der Waals surface area contributed by atoms with Crippen LogP contribution in [0.5, 0.6) is 0 Å². The fourth-order valence-corrected chi connectivity index (χ4v) is 6.93. The SMILES string of the molecule is CNC(=O)c1c(I)c(NC(=O)COC(C)=O)c(I)c(C(=O)NCC(COC(C)=O)OC(C)=O)c1I. The second-order valence-electron chi connectivity index (χ2n) is 6.72. The Morgan fingerprint density at radius 3 is 1.83 bits per heavy atom. The first-order valence-corrected chi connectivity index (χ1v) is 13.0. The molecular formula is C20H22I3N3O9. The quantitative estimate of drug-likeness (QED) is 0.181. The van der Waals surface area contributed by atoms with Crippen molar-refractivity contribution in [3.63, 3.8) is 0 Å². The molecule has 0 heterocycles. The summed E-state index contributed by atoms with van der Waals surface area (Å²) in [5, 5.41) is 7.68. The molecule has 0 spiro atoms. The number of halogens is 3. The van der Waals surface area contributed by atoms with Crippen molar-refractivity contribution >= 4 is 109 Å². The van der Waals surface area contributed by atoms with Gasteiger partial charge in [0.25, 0.3) is 17.7 Å². The first-order chi connectivity index (χ1) is 16.3. The van der Waals surface area contributed by atoms with Crippen LogP contribution < -0.4 is 16.0 Å². The number of nitrogens with one attached hydrogen (secondary N) is 3. The van der Waals surface area contributed by atoms with Crippen LogP contribution >= 0.6 is 67.8 Å². The van der Waals surface area contributed by atoms with Crippen molar-refractivity contribution in [1.82, 2.24) is 10.6 Å². The van der Waals surface area contributed by atoms with E-state index in [1.807, 2.05) is 67.8 Å². The molecule has 3 N–H and O–H groups in total. The number of anilines is 1. The number of hydrogen-bond donors (Lipinski definition) is 3. The van der Waals surface area contributed by atoms with Gasteiger partial charge in [0.15, 0.2) is 12.7 Å². The predicted molar refractivity (Wildman–Crippen MR) is 148 cm³/mol. The molecule has 192 valence electrons. The third-order valence-electron chi connectivity index (χ3n) is 3.96. The topological polar surface area (TPSA) is 166 Å². The number of ether oxygens (including phenoxy) is 3. The maximum Gasteiger partial charge on any atom is 0.303 e. The molecule has 15 heteroatoms. The standard InChI is InChI=1S/C20H22I3N3O9/c1-8(27)33-6-11(35-10(3)29)5-25-20(32)14-15(21)13(19(31)24-4)16(22)18(17(14)23)26-12(30)7-34-9(2)28/h11H,5-7H2,1-4H3,(H,24,31)(H,25,32)(H,26,30). The van der Waals surface area contributed by atoms with E-state index >= 15 is 0 Å². The number of esters is 3. The largest absolute Gasteiger partial charge is 0.462 e. The van der Waals surface area contributed by atoms with Crippen LogP contribution in [0.2, 0.25) is 0 Å². The Balaban J connectivity index is 3.36. The van der Waals surface area contributed by atoms with Crippen molar-refractivity contribution in [3.05, 3.63) is 21.8 Å². The van der Waals surface area contributed by atoms with Gasteiger partial charge in [0.05, 0.1) is 30.5 Å². The van der Waals surface area contributed by atoms with Crippen molar-refractivity contribution in [2.24, 2.45) is 0 Å². The number of carbonyl (C=O) groups excluding carboxylic acids is 6. The van der Waals surface area contributed by atoms with E-state index in [1.165, 1.54) is 20.9 Å². The highest BCUT2D eigenvalue weighted by Gasteiger charge is 2.29. The molecule has 0 aliphatic heterocycles. The maximum absolute atomic E-state index is 13.2. The molecule has 1 rings (SSSR count). The van der Waals surface area contributed by atoms with Crippen LogP contribution in [0.3, 0.4) is 0 Å². The fourth-order valence-electron chi connectivity index (χ4n) is 2.51. The van der Waals surface area contributed by atoms with Gasteiger partial charge in [0, 0.05) is 31.4 Å². The summed E-state index contributed by atoms with van der Waals surface area (Å²) in [4.78, 5) is 71.5. The van der Waals surface area contributed by atoms with E-state index in [0.717, 1.165) is 6.92 Å². The number of carbonyl (C=O) groups is 6. The second kappa shape index (κ2) is 14.7. The third-order valence-corrected chi connectivity index (χ3v) is 7.20. The molecule has 0 bridgehead atoms. The van der Waals surface area contributed by atoms with Gasteiger partial charge in [-0.2, -0.15) is 0 Å². The van der Waals surface area contributed by atoms with Crippen molar-refractivity contribution in [3.8, 4) is 0 Å². The molecule has 35 heavy (non-hydrogen) atoms. The van der Waals surface area contributed by atoms with Gasteiger partial charge in [0.1, 0.15) is 6.61 Å². The van der Waals surface area contributed by atoms with E-state index in [-0.39, 0.29) is 30.0 Å². The Morgan fingerprint density at radius 1 is 0.800 bits per heavy atom. The highest BCUT2D eigenvalue weighted by atomic mass is 127. The zero-order valence-corrected chi connectivity index (χ0v) is 25.5. The number of amides is 3. The van der Waals surface area contributed by atoms with Gasteiger partial charge in [-0.1, -0.05) is 0 Å². The van der Waals surface area contributed by atoms with Crippen LogP contribution in [0, 0.1) is 10.7 Å². The molecule has 0 radical (unpaired) electrons. The molecule has 1 unspecified atom stereocenters. The molecule has 1 aromatic rings. The van der Waals surface area contributed by atoms with Gasteiger partial charge in [-0.3, -0.25) is 28.8 Å². The molecule has 0 saturated carbocycles. The van der Waals surface area contributed by atoms with Crippen LogP contribution in [-0.4, -0.2) is 68.5 Å². The smallest absolute Gasteiger partial charge is 0.303 e. The number of rotatable bonds is 10. The molecule has 1 atom stereocenters. The number of benzene rings is 1. The van der Waals surface area contributed by atoms with E-state index in [1.54, 1.807) is 0 Å². The predicted octanol–water partition coefficient (Wildman–Crippen LogP) is 1.59. The number of hydrogen-bond acceptors (Lipinski definition) is 9. The highest BCUT2D eigenvalue weighted by Crippen LogP contribution is 2.35. The first-order valence-electron chi connectivity index (χ1n) is 9.74. The van der Waals surface area contributed by atoms with Gasteiger partial charge < -0.3 is 30.2 Å². The maximum atomic E-state index is 13.2. The molecule has 0 aliphatic carbocycles. The zero-order valence-electron chi connectivity index (χ0n) is 19.0. The van der Waals surface area contributed by atoms with Crippen LogP contribution in [0.1, 0.15) is 41.5 Å².